The predicted octanol–water partition coefficient (Wildman–Crippen LogP) is 2.47. The average molecular weight is 365 g/mol. The Morgan fingerprint density at radius 2 is 1.75 bits per heavy atom. The summed E-state index contributed by atoms with van der Waals surface area (Å²) in [6, 6.07) is 15.9. The molecule has 0 amide bonds. The van der Waals surface area contributed by atoms with Crippen LogP contribution < -0.4 is 4.72 Å². The normalized spacial score (nSPS) is 11.2. The van der Waals surface area contributed by atoms with Crippen LogP contribution in [0.5, 0.6) is 0 Å². The second-order valence-electron chi connectivity index (χ2n) is 4.96. The minimum atomic E-state index is -3.45. The molecule has 2 rings (SSSR count). The van der Waals surface area contributed by atoms with Crippen LogP contribution in [0.25, 0.3) is 0 Å². The van der Waals surface area contributed by atoms with Gasteiger partial charge in [0.15, 0.2) is 0 Å². The molecule has 5 nitrogen and oxygen atoms in total. The smallest absolute Gasteiger partial charge is 0.309 e. The predicted molar refractivity (Wildman–Crippen MR) is 94.5 cm³/mol. The molecule has 24 heavy (non-hydrogen) atoms. The topological polar surface area (TPSA) is 72.5 Å². The van der Waals surface area contributed by atoms with Crippen LogP contribution in [-0.4, -0.2) is 33.8 Å². The van der Waals surface area contributed by atoms with Gasteiger partial charge in [-0.1, -0.05) is 30.3 Å². The van der Waals surface area contributed by atoms with Crippen molar-refractivity contribution in [1.29, 1.82) is 0 Å². The maximum Gasteiger partial charge on any atom is 0.309 e. The number of sulfonamides is 1. The molecule has 0 atom stereocenters. The lowest BCUT2D eigenvalue weighted by Gasteiger charge is -2.07. The average Bonchev–Trinajstić information content (AvgIpc) is 2.61. The summed E-state index contributed by atoms with van der Waals surface area (Å²) in [4.78, 5) is 12.5. The third kappa shape index (κ3) is 5.67. The summed E-state index contributed by atoms with van der Waals surface area (Å²) in [6.45, 7) is 0.339. The van der Waals surface area contributed by atoms with E-state index in [9.17, 15) is 13.2 Å². The van der Waals surface area contributed by atoms with Crippen molar-refractivity contribution in [3.8, 4) is 0 Å². The molecule has 0 fully saturated rings. The highest BCUT2D eigenvalue weighted by atomic mass is 32.2. The highest BCUT2D eigenvalue weighted by Crippen LogP contribution is 2.18. The van der Waals surface area contributed by atoms with E-state index in [0.29, 0.717) is 12.3 Å². The molecule has 7 heteroatoms. The minimum Gasteiger partial charge on any atom is -0.469 e. The summed E-state index contributed by atoms with van der Waals surface area (Å²) in [5.74, 6) is 0.341. The zero-order valence-corrected chi connectivity index (χ0v) is 14.9. The highest BCUT2D eigenvalue weighted by molar-refractivity contribution is 7.99. The van der Waals surface area contributed by atoms with E-state index < -0.39 is 10.0 Å². The molecule has 0 bridgehead atoms. The molecule has 1 N–H and O–H groups in total. The van der Waals surface area contributed by atoms with Crippen molar-refractivity contribution in [1.82, 2.24) is 4.72 Å². The fourth-order valence-electron chi connectivity index (χ4n) is 1.97. The van der Waals surface area contributed by atoms with Gasteiger partial charge in [0, 0.05) is 17.2 Å². The number of methoxy groups -OCH3 is 1. The Morgan fingerprint density at radius 3 is 2.38 bits per heavy atom. The van der Waals surface area contributed by atoms with E-state index in [0.717, 1.165) is 10.5 Å². The first-order valence-electron chi connectivity index (χ1n) is 7.34. The molecule has 0 aliphatic heterocycles. The Labute approximate surface area is 146 Å². The maximum atomic E-state index is 12.1. The van der Waals surface area contributed by atoms with Gasteiger partial charge in [0.2, 0.25) is 10.0 Å². The lowest BCUT2D eigenvalue weighted by Crippen LogP contribution is -2.25. The molecule has 0 aliphatic rings. The number of benzene rings is 2. The number of thioether (sulfide) groups is 1. The fraction of sp³-hybridized carbons (Fsp3) is 0.235. The quantitative estimate of drug-likeness (QED) is 0.442. The van der Waals surface area contributed by atoms with Gasteiger partial charge in [0.05, 0.1) is 18.4 Å². The SMILES string of the molecule is COC(=O)Cc1ccc(SCCNS(=O)(=O)c2ccccc2)cc1. The molecular formula is C17H19NO4S2. The van der Waals surface area contributed by atoms with Gasteiger partial charge in [-0.3, -0.25) is 4.79 Å². The lowest BCUT2D eigenvalue weighted by molar-refractivity contribution is -0.139. The molecule has 2 aromatic rings. The Kier molecular flexibility index (Phi) is 6.84. The molecule has 0 saturated carbocycles. The van der Waals surface area contributed by atoms with Crippen LogP contribution in [0.15, 0.2) is 64.4 Å². The van der Waals surface area contributed by atoms with E-state index in [1.807, 2.05) is 24.3 Å². The zero-order valence-electron chi connectivity index (χ0n) is 13.3. The number of esters is 1. The molecule has 0 unspecified atom stereocenters. The van der Waals surface area contributed by atoms with E-state index >= 15 is 0 Å². The van der Waals surface area contributed by atoms with E-state index in [-0.39, 0.29) is 17.3 Å². The van der Waals surface area contributed by atoms with E-state index in [4.69, 9.17) is 0 Å². The largest absolute Gasteiger partial charge is 0.469 e. The number of nitrogens with one attached hydrogen (secondary N) is 1. The molecule has 0 saturated heterocycles. The van der Waals surface area contributed by atoms with Crippen molar-refractivity contribution < 1.29 is 17.9 Å². The summed E-state index contributed by atoms with van der Waals surface area (Å²) in [6.07, 6.45) is 0.248. The number of hydrogen-bond acceptors (Lipinski definition) is 5. The van der Waals surface area contributed by atoms with Crippen molar-refractivity contribution >= 4 is 27.8 Å². The van der Waals surface area contributed by atoms with Crippen LogP contribution in [0.2, 0.25) is 0 Å². The molecule has 2 aromatic carbocycles. The van der Waals surface area contributed by atoms with Crippen molar-refractivity contribution in [2.45, 2.75) is 16.2 Å². The van der Waals surface area contributed by atoms with Gasteiger partial charge in [0.1, 0.15) is 0 Å². The van der Waals surface area contributed by atoms with Crippen molar-refractivity contribution in [2.24, 2.45) is 0 Å². The molecular weight excluding hydrogens is 346 g/mol. The second-order valence-corrected chi connectivity index (χ2v) is 7.89. The first kappa shape index (κ1) is 18.5. The zero-order chi connectivity index (χ0) is 17.4. The number of carbonyl (C=O) groups excluding carboxylic acids is 1. The Balaban J connectivity index is 1.79. The summed E-state index contributed by atoms with van der Waals surface area (Å²) >= 11 is 1.55. The van der Waals surface area contributed by atoms with E-state index in [1.165, 1.54) is 7.11 Å². The third-order valence-electron chi connectivity index (χ3n) is 3.22. The van der Waals surface area contributed by atoms with Gasteiger partial charge >= 0.3 is 5.97 Å². The summed E-state index contributed by atoms with van der Waals surface area (Å²) in [7, 11) is -2.09. The molecule has 0 aliphatic carbocycles. The Bertz CT molecular complexity index is 759. The molecule has 0 heterocycles. The van der Waals surface area contributed by atoms with Gasteiger partial charge in [-0.15, -0.1) is 11.8 Å². The third-order valence-corrected chi connectivity index (χ3v) is 5.71. The van der Waals surface area contributed by atoms with Gasteiger partial charge in [-0.25, -0.2) is 13.1 Å². The van der Waals surface area contributed by atoms with E-state index in [1.54, 1.807) is 42.1 Å². The number of rotatable bonds is 8. The molecule has 128 valence electrons. The van der Waals surface area contributed by atoms with Crippen LogP contribution in [0.4, 0.5) is 0 Å². The molecule has 0 spiro atoms. The number of hydrogen-bond donors (Lipinski definition) is 1. The van der Waals surface area contributed by atoms with E-state index in [2.05, 4.69) is 9.46 Å². The van der Waals surface area contributed by atoms with Crippen LogP contribution in [-0.2, 0) is 26.0 Å². The van der Waals surface area contributed by atoms with Gasteiger partial charge in [-0.05, 0) is 29.8 Å². The Hall–Kier alpha value is -1.83. The van der Waals surface area contributed by atoms with Crippen LogP contribution in [0.3, 0.4) is 0 Å². The van der Waals surface area contributed by atoms with Gasteiger partial charge < -0.3 is 4.74 Å². The second kappa shape index (κ2) is 8.86. The lowest BCUT2D eigenvalue weighted by atomic mass is 10.2. The van der Waals surface area contributed by atoms with Crippen LogP contribution in [0, 0.1) is 0 Å². The number of ether oxygens (including phenoxy) is 1. The van der Waals surface area contributed by atoms with Crippen molar-refractivity contribution in [3.05, 3.63) is 60.2 Å². The first-order chi connectivity index (χ1) is 11.5. The first-order valence-corrected chi connectivity index (χ1v) is 9.81. The summed E-state index contributed by atoms with van der Waals surface area (Å²) < 4.78 is 31.3. The molecule has 0 aromatic heterocycles. The van der Waals surface area contributed by atoms with Crippen LogP contribution >= 0.6 is 11.8 Å². The Morgan fingerprint density at radius 1 is 1.08 bits per heavy atom. The summed E-state index contributed by atoms with van der Waals surface area (Å²) in [5, 5.41) is 0. The maximum absolute atomic E-state index is 12.1. The van der Waals surface area contributed by atoms with Gasteiger partial charge in [-0.2, -0.15) is 0 Å². The standard InChI is InChI=1S/C17H19NO4S2/c1-22-17(19)13-14-7-9-15(10-8-14)23-12-11-18-24(20,21)16-5-3-2-4-6-16/h2-10,18H,11-13H2,1H3. The van der Waals surface area contributed by atoms with Crippen LogP contribution in [0.1, 0.15) is 5.56 Å². The minimum absolute atomic E-state index is 0.248. The molecule has 0 radical (unpaired) electrons. The highest BCUT2D eigenvalue weighted by Gasteiger charge is 2.12. The van der Waals surface area contributed by atoms with Crippen molar-refractivity contribution in [3.63, 3.8) is 0 Å². The number of carbonyl (C=O) groups is 1. The summed E-state index contributed by atoms with van der Waals surface area (Å²) in [5.41, 5.74) is 0.885. The fourth-order valence-corrected chi connectivity index (χ4v) is 3.92. The van der Waals surface area contributed by atoms with Crippen molar-refractivity contribution in [2.75, 3.05) is 19.4 Å². The van der Waals surface area contributed by atoms with Gasteiger partial charge in [0.25, 0.3) is 0 Å². The monoisotopic (exact) mass is 365 g/mol.